The first-order valence-electron chi connectivity index (χ1n) is 8.92. The topological polar surface area (TPSA) is 103 Å². The van der Waals surface area contributed by atoms with Crippen molar-refractivity contribution in [3.05, 3.63) is 98.0 Å². The molecule has 0 amide bonds. The van der Waals surface area contributed by atoms with Crippen molar-refractivity contribution < 1.29 is 14.3 Å². The fourth-order valence-corrected chi connectivity index (χ4v) is 2.92. The molecule has 0 radical (unpaired) electrons. The number of hydrogen-bond acceptors (Lipinski definition) is 6. The third-order valence-electron chi connectivity index (χ3n) is 4.44. The maximum absolute atomic E-state index is 12.8. The predicted molar refractivity (Wildman–Crippen MR) is 104 cm³/mol. The summed E-state index contributed by atoms with van der Waals surface area (Å²) in [6, 6.07) is 12.6. The quantitative estimate of drug-likeness (QED) is 0.661. The summed E-state index contributed by atoms with van der Waals surface area (Å²) in [5, 5.41) is 0. The van der Waals surface area contributed by atoms with E-state index in [0.29, 0.717) is 0 Å². The Hall–Kier alpha value is -3.94. The highest BCUT2D eigenvalue weighted by Gasteiger charge is 2.23. The molecule has 29 heavy (non-hydrogen) atoms. The van der Waals surface area contributed by atoms with Crippen LogP contribution < -0.4 is 16.0 Å². The molecule has 2 aromatic heterocycles. The molecule has 0 fully saturated rings. The number of pyridine rings is 1. The average molecular weight is 391 g/mol. The molecule has 3 heterocycles. The van der Waals surface area contributed by atoms with Crippen LogP contribution in [-0.2, 0) is 22.7 Å². The Bertz CT molecular complexity index is 1180. The molecule has 8 heteroatoms. The van der Waals surface area contributed by atoms with Crippen LogP contribution in [0.3, 0.4) is 0 Å². The number of H-pyrrole nitrogens is 1. The van der Waals surface area contributed by atoms with E-state index in [-0.39, 0.29) is 36.8 Å². The van der Waals surface area contributed by atoms with Gasteiger partial charge >= 0.3 is 11.7 Å². The van der Waals surface area contributed by atoms with Crippen LogP contribution in [0, 0.1) is 0 Å². The van der Waals surface area contributed by atoms with Crippen LogP contribution in [0.1, 0.15) is 16.7 Å². The van der Waals surface area contributed by atoms with Gasteiger partial charge in [-0.2, -0.15) is 0 Å². The van der Waals surface area contributed by atoms with Gasteiger partial charge in [0.15, 0.2) is 0 Å². The van der Waals surface area contributed by atoms with Crippen LogP contribution in [0.5, 0.6) is 5.88 Å². The maximum atomic E-state index is 12.8. The zero-order valence-corrected chi connectivity index (χ0v) is 15.3. The zero-order valence-electron chi connectivity index (χ0n) is 15.3. The van der Waals surface area contributed by atoms with E-state index in [2.05, 4.69) is 9.97 Å². The molecular formula is C21H17N3O5. The lowest BCUT2D eigenvalue weighted by atomic mass is 10.1. The Morgan fingerprint density at radius 3 is 2.62 bits per heavy atom. The van der Waals surface area contributed by atoms with Gasteiger partial charge in [-0.15, -0.1) is 0 Å². The highest BCUT2D eigenvalue weighted by molar-refractivity contribution is 5.94. The Kier molecular flexibility index (Phi) is 5.07. The van der Waals surface area contributed by atoms with Crippen molar-refractivity contribution in [1.82, 2.24) is 14.5 Å². The number of aromatic nitrogens is 3. The minimum atomic E-state index is -0.590. The van der Waals surface area contributed by atoms with Gasteiger partial charge in [0.1, 0.15) is 18.8 Å². The Morgan fingerprint density at radius 1 is 1.10 bits per heavy atom. The summed E-state index contributed by atoms with van der Waals surface area (Å²) in [7, 11) is 0. The van der Waals surface area contributed by atoms with Crippen molar-refractivity contribution in [2.24, 2.45) is 0 Å². The number of ether oxygens (including phenoxy) is 2. The van der Waals surface area contributed by atoms with Crippen LogP contribution in [0.2, 0.25) is 0 Å². The van der Waals surface area contributed by atoms with E-state index >= 15 is 0 Å². The van der Waals surface area contributed by atoms with Crippen LogP contribution >= 0.6 is 0 Å². The van der Waals surface area contributed by atoms with Crippen LogP contribution in [-0.4, -0.2) is 27.1 Å². The predicted octanol–water partition coefficient (Wildman–Crippen LogP) is 1.50. The smallest absolute Gasteiger partial charge is 0.337 e. The number of fused-ring (bicyclic) bond motifs is 1. The van der Waals surface area contributed by atoms with Crippen LogP contribution in [0.15, 0.2) is 70.0 Å². The van der Waals surface area contributed by atoms with Gasteiger partial charge in [-0.1, -0.05) is 30.3 Å². The van der Waals surface area contributed by atoms with E-state index in [1.165, 1.54) is 6.08 Å². The van der Waals surface area contributed by atoms with E-state index in [0.717, 1.165) is 15.7 Å². The SMILES string of the molecule is O=C(OCc1ccncc1)C1=Cc2c([nH]c(=O)n(Cc3ccccc3)c2=O)OC1. The second kappa shape index (κ2) is 7.97. The first kappa shape index (κ1) is 18.4. The summed E-state index contributed by atoms with van der Waals surface area (Å²) < 4.78 is 11.8. The van der Waals surface area contributed by atoms with E-state index in [1.54, 1.807) is 24.5 Å². The fraction of sp³-hybridized carbons (Fsp3) is 0.143. The number of benzene rings is 1. The van der Waals surface area contributed by atoms with Gasteiger partial charge in [0.25, 0.3) is 5.56 Å². The molecule has 1 aromatic carbocycles. The summed E-state index contributed by atoms with van der Waals surface area (Å²) in [6.45, 7) is 0.0909. The van der Waals surface area contributed by atoms with Crippen molar-refractivity contribution >= 4 is 12.0 Å². The monoisotopic (exact) mass is 391 g/mol. The van der Waals surface area contributed by atoms with Crippen molar-refractivity contribution in [3.8, 4) is 5.88 Å². The first-order valence-corrected chi connectivity index (χ1v) is 8.92. The molecule has 0 spiro atoms. The van der Waals surface area contributed by atoms with Gasteiger partial charge in [0, 0.05) is 12.4 Å². The van der Waals surface area contributed by atoms with Crippen molar-refractivity contribution in [1.29, 1.82) is 0 Å². The Morgan fingerprint density at radius 2 is 1.86 bits per heavy atom. The highest BCUT2D eigenvalue weighted by Crippen LogP contribution is 2.20. The summed E-state index contributed by atoms with van der Waals surface area (Å²) in [5.74, 6) is -0.539. The molecule has 8 nitrogen and oxygen atoms in total. The third-order valence-corrected chi connectivity index (χ3v) is 4.44. The third kappa shape index (κ3) is 4.01. The summed E-state index contributed by atoms with van der Waals surface area (Å²) >= 11 is 0. The number of rotatable bonds is 5. The molecule has 0 saturated heterocycles. The van der Waals surface area contributed by atoms with Crippen molar-refractivity contribution in [2.75, 3.05) is 6.61 Å². The number of hydrogen-bond donors (Lipinski definition) is 1. The molecule has 0 saturated carbocycles. The summed E-state index contributed by atoms with van der Waals surface area (Å²) in [4.78, 5) is 44.0. The minimum Gasteiger partial charge on any atom is -0.473 e. The van der Waals surface area contributed by atoms with E-state index in [9.17, 15) is 14.4 Å². The molecule has 0 unspecified atom stereocenters. The summed E-state index contributed by atoms with van der Waals surface area (Å²) in [6.07, 6.45) is 4.62. The second-order valence-electron chi connectivity index (χ2n) is 6.44. The van der Waals surface area contributed by atoms with Gasteiger partial charge < -0.3 is 9.47 Å². The van der Waals surface area contributed by atoms with Gasteiger partial charge in [-0.25, -0.2) is 9.59 Å². The fourth-order valence-electron chi connectivity index (χ4n) is 2.92. The number of carbonyl (C=O) groups excluding carboxylic acids is 1. The molecule has 0 aliphatic carbocycles. The molecule has 146 valence electrons. The van der Waals surface area contributed by atoms with Gasteiger partial charge in [-0.05, 0) is 29.3 Å². The van der Waals surface area contributed by atoms with Crippen molar-refractivity contribution in [3.63, 3.8) is 0 Å². The highest BCUT2D eigenvalue weighted by atomic mass is 16.5. The Labute approximate surface area is 165 Å². The van der Waals surface area contributed by atoms with Crippen LogP contribution in [0.25, 0.3) is 6.08 Å². The average Bonchev–Trinajstić information content (AvgIpc) is 2.76. The van der Waals surface area contributed by atoms with E-state index < -0.39 is 17.2 Å². The molecule has 0 atom stereocenters. The lowest BCUT2D eigenvalue weighted by Gasteiger charge is -2.17. The van der Waals surface area contributed by atoms with Gasteiger partial charge in [-0.3, -0.25) is 19.3 Å². The molecule has 1 N–H and O–H groups in total. The minimum absolute atomic E-state index is 0.0509. The van der Waals surface area contributed by atoms with Crippen molar-refractivity contribution in [2.45, 2.75) is 13.2 Å². The van der Waals surface area contributed by atoms with Gasteiger partial charge in [0.05, 0.1) is 12.1 Å². The number of nitrogens with one attached hydrogen (secondary N) is 1. The number of aromatic amines is 1. The molecule has 3 aromatic rings. The molecule has 4 rings (SSSR count). The standard InChI is InChI=1S/C21H17N3O5/c25-19-17-10-16(20(26)29-12-15-6-8-22-9-7-15)13-28-18(17)23-21(27)24(19)11-14-4-2-1-3-5-14/h1-10H,11-13H2,(H,23,27). The number of esters is 1. The normalized spacial score (nSPS) is 12.5. The van der Waals surface area contributed by atoms with Crippen LogP contribution in [0.4, 0.5) is 0 Å². The Balaban J connectivity index is 1.59. The van der Waals surface area contributed by atoms with Gasteiger partial charge in [0.2, 0.25) is 5.88 Å². The number of carbonyl (C=O) groups is 1. The summed E-state index contributed by atoms with van der Waals surface area (Å²) in [5.41, 5.74) is 0.796. The molecule has 1 aliphatic heterocycles. The maximum Gasteiger partial charge on any atom is 0.337 e. The first-order chi connectivity index (χ1) is 14.1. The largest absolute Gasteiger partial charge is 0.473 e. The second-order valence-corrected chi connectivity index (χ2v) is 6.44. The zero-order chi connectivity index (χ0) is 20.2. The molecule has 1 aliphatic rings. The van der Waals surface area contributed by atoms with E-state index in [4.69, 9.17) is 9.47 Å². The van der Waals surface area contributed by atoms with E-state index in [1.807, 2.05) is 30.3 Å². The lowest BCUT2D eigenvalue weighted by molar-refractivity contribution is -0.140. The molecule has 0 bridgehead atoms. The molecular weight excluding hydrogens is 374 g/mol. The number of nitrogens with zero attached hydrogens (tertiary/aromatic N) is 2. The lowest BCUT2D eigenvalue weighted by Crippen LogP contribution is -2.38.